The minimum absolute atomic E-state index is 0.300. The van der Waals surface area contributed by atoms with Crippen molar-refractivity contribution < 1.29 is 0 Å². The molecule has 0 unspecified atom stereocenters. The minimum atomic E-state index is 0.300. The van der Waals surface area contributed by atoms with E-state index in [1.165, 1.54) is 16.3 Å². The number of nitrogens with one attached hydrogen (secondary N) is 2. The number of aromatic amines is 2. The Hall–Kier alpha value is -4.58. The maximum Gasteiger partial charge on any atom is 0.115 e. The number of hydrogen-bond donors (Lipinski definition) is 2. The highest BCUT2D eigenvalue weighted by Gasteiger charge is 2.16. The van der Waals surface area contributed by atoms with Crippen LogP contribution in [-0.4, -0.2) is 29.9 Å². The Balaban J connectivity index is 1.37. The van der Waals surface area contributed by atoms with Crippen LogP contribution < -0.4 is 0 Å². The van der Waals surface area contributed by atoms with E-state index in [9.17, 15) is 0 Å². The van der Waals surface area contributed by atoms with Gasteiger partial charge in [0, 0.05) is 41.1 Å². The Morgan fingerprint density at radius 2 is 1.41 bits per heavy atom. The zero-order valence-corrected chi connectivity index (χ0v) is 21.0. The van der Waals surface area contributed by atoms with Crippen LogP contribution in [0.4, 0.5) is 0 Å². The smallest absolute Gasteiger partial charge is 0.115 e. The van der Waals surface area contributed by atoms with Gasteiger partial charge in [-0.3, -0.25) is 9.97 Å². The maximum absolute atomic E-state index is 4.94. The molecule has 2 N–H and O–H groups in total. The van der Waals surface area contributed by atoms with Gasteiger partial charge in [-0.25, -0.2) is 9.97 Å². The fourth-order valence-electron chi connectivity index (χ4n) is 5.16. The van der Waals surface area contributed by atoms with Crippen molar-refractivity contribution in [3.8, 4) is 22.4 Å². The number of aryl methyl sites for hydroxylation is 1. The summed E-state index contributed by atoms with van der Waals surface area (Å²) in [5, 5.41) is 4.55. The molecular formula is C31H26N6. The van der Waals surface area contributed by atoms with Gasteiger partial charge in [0.25, 0.3) is 0 Å². The van der Waals surface area contributed by atoms with Gasteiger partial charge in [0.2, 0.25) is 0 Å². The lowest BCUT2D eigenvalue weighted by Crippen LogP contribution is -1.89. The topological polar surface area (TPSA) is 83.1 Å². The third-order valence-electron chi connectivity index (χ3n) is 7.18. The summed E-state index contributed by atoms with van der Waals surface area (Å²) in [6.45, 7) is 6.39. The molecule has 0 saturated heterocycles. The van der Waals surface area contributed by atoms with Crippen LogP contribution in [0.25, 0.3) is 66.0 Å². The van der Waals surface area contributed by atoms with Crippen molar-refractivity contribution in [1.82, 2.24) is 29.9 Å². The molecule has 4 aromatic carbocycles. The number of imidazole rings is 2. The summed E-state index contributed by atoms with van der Waals surface area (Å²) in [5.74, 6) is 2.27. The first-order valence-corrected chi connectivity index (χ1v) is 12.7. The van der Waals surface area contributed by atoms with E-state index in [1.807, 2.05) is 6.20 Å². The van der Waals surface area contributed by atoms with E-state index in [4.69, 9.17) is 9.97 Å². The van der Waals surface area contributed by atoms with Gasteiger partial charge < -0.3 is 9.97 Å². The average molecular weight is 483 g/mol. The molecule has 0 spiro atoms. The molecule has 7 aromatic rings. The monoisotopic (exact) mass is 482 g/mol. The van der Waals surface area contributed by atoms with E-state index in [0.29, 0.717) is 5.92 Å². The van der Waals surface area contributed by atoms with Gasteiger partial charge in [-0.1, -0.05) is 57.2 Å². The van der Waals surface area contributed by atoms with Gasteiger partial charge in [-0.15, -0.1) is 0 Å². The highest BCUT2D eigenvalue weighted by atomic mass is 14.9. The second-order valence-electron chi connectivity index (χ2n) is 9.89. The zero-order chi connectivity index (χ0) is 25.1. The fraction of sp³-hybridized carbons (Fsp3) is 0.161. The van der Waals surface area contributed by atoms with Crippen LogP contribution in [0.2, 0.25) is 0 Å². The van der Waals surface area contributed by atoms with Gasteiger partial charge in [-0.05, 0) is 40.1 Å². The quantitative estimate of drug-likeness (QED) is 0.254. The van der Waals surface area contributed by atoms with Crippen LogP contribution in [0, 0.1) is 0 Å². The van der Waals surface area contributed by atoms with Crippen LogP contribution in [0.15, 0.2) is 73.2 Å². The van der Waals surface area contributed by atoms with Gasteiger partial charge in [0.1, 0.15) is 17.2 Å². The number of benzene rings is 4. The first-order chi connectivity index (χ1) is 18.1. The molecule has 0 aliphatic rings. The Kier molecular flexibility index (Phi) is 4.83. The highest BCUT2D eigenvalue weighted by molar-refractivity contribution is 6.21. The number of H-pyrrole nitrogens is 2. The van der Waals surface area contributed by atoms with Crippen molar-refractivity contribution in [3.05, 3.63) is 84.8 Å². The summed E-state index contributed by atoms with van der Waals surface area (Å²) >= 11 is 0. The Bertz CT molecular complexity index is 1960. The van der Waals surface area contributed by atoms with Crippen molar-refractivity contribution in [1.29, 1.82) is 0 Å². The number of nitrogens with zero attached hydrogens (tertiary/aromatic N) is 4. The van der Waals surface area contributed by atoms with Crippen LogP contribution in [0.5, 0.6) is 0 Å². The number of hydrogen-bond acceptors (Lipinski definition) is 4. The summed E-state index contributed by atoms with van der Waals surface area (Å²) in [6, 6.07) is 19.8. The largest absolute Gasteiger partial charge is 0.342 e. The summed E-state index contributed by atoms with van der Waals surface area (Å²) in [4.78, 5) is 25.7. The Morgan fingerprint density at radius 3 is 2.16 bits per heavy atom. The van der Waals surface area contributed by atoms with E-state index < -0.39 is 0 Å². The molecule has 0 bridgehead atoms. The number of rotatable bonds is 4. The van der Waals surface area contributed by atoms with Crippen LogP contribution in [0.1, 0.15) is 38.3 Å². The van der Waals surface area contributed by atoms with Crippen molar-refractivity contribution in [3.63, 3.8) is 0 Å². The van der Waals surface area contributed by atoms with Crippen LogP contribution >= 0.6 is 0 Å². The molecule has 0 aliphatic carbocycles. The zero-order valence-electron chi connectivity index (χ0n) is 21.0. The molecule has 6 heteroatoms. The molecule has 7 rings (SSSR count). The van der Waals surface area contributed by atoms with E-state index >= 15 is 0 Å². The first kappa shape index (κ1) is 21.7. The first-order valence-electron chi connectivity index (χ1n) is 12.7. The van der Waals surface area contributed by atoms with Crippen molar-refractivity contribution in [2.45, 2.75) is 33.1 Å². The Morgan fingerprint density at radius 1 is 0.703 bits per heavy atom. The molecule has 6 nitrogen and oxygen atoms in total. The lowest BCUT2D eigenvalue weighted by Gasteiger charge is -2.09. The van der Waals surface area contributed by atoms with Crippen molar-refractivity contribution in [2.24, 2.45) is 0 Å². The van der Waals surface area contributed by atoms with E-state index in [0.717, 1.165) is 67.7 Å². The maximum atomic E-state index is 4.94. The van der Waals surface area contributed by atoms with Crippen LogP contribution in [-0.2, 0) is 6.42 Å². The third-order valence-corrected chi connectivity index (χ3v) is 7.18. The standard InChI is InChI=1S/C31H26N6/c1-4-26-34-16-25(35-26)22-8-7-18-13-19(5-6-20(18)14-22)21-9-10-23-24(15-21)27-29(33-12-11-32-27)30-28(23)36-31(37-30)17(2)3/h5-17H,4H2,1-3H3,(H,34,35)(H,36,37). The molecule has 0 aliphatic heterocycles. The molecule has 0 atom stereocenters. The highest BCUT2D eigenvalue weighted by Crippen LogP contribution is 2.36. The molecule has 0 fully saturated rings. The fourth-order valence-corrected chi connectivity index (χ4v) is 5.16. The summed E-state index contributed by atoms with van der Waals surface area (Å²) in [6.07, 6.45) is 6.32. The van der Waals surface area contributed by atoms with Crippen molar-refractivity contribution in [2.75, 3.05) is 0 Å². The molecular weight excluding hydrogens is 456 g/mol. The van der Waals surface area contributed by atoms with E-state index in [-0.39, 0.29) is 0 Å². The number of fused-ring (bicyclic) bond motifs is 7. The molecule has 37 heavy (non-hydrogen) atoms. The molecule has 3 aromatic heterocycles. The van der Waals surface area contributed by atoms with Crippen LogP contribution in [0.3, 0.4) is 0 Å². The second kappa shape index (κ2) is 8.23. The molecule has 0 saturated carbocycles. The van der Waals surface area contributed by atoms with Gasteiger partial charge in [0.15, 0.2) is 0 Å². The lowest BCUT2D eigenvalue weighted by atomic mass is 9.96. The summed E-state index contributed by atoms with van der Waals surface area (Å²) in [5.41, 5.74) is 8.17. The third kappa shape index (κ3) is 3.48. The predicted molar refractivity (Wildman–Crippen MR) is 151 cm³/mol. The van der Waals surface area contributed by atoms with E-state index in [1.54, 1.807) is 12.4 Å². The average Bonchev–Trinajstić information content (AvgIpc) is 3.61. The normalized spacial score (nSPS) is 12.0. The number of aromatic nitrogens is 6. The van der Waals surface area contributed by atoms with Gasteiger partial charge in [-0.2, -0.15) is 0 Å². The minimum Gasteiger partial charge on any atom is -0.342 e. The molecule has 3 heterocycles. The van der Waals surface area contributed by atoms with Crippen molar-refractivity contribution >= 4 is 43.6 Å². The lowest BCUT2D eigenvalue weighted by molar-refractivity contribution is 0.799. The Labute approximate surface area is 213 Å². The van der Waals surface area contributed by atoms with Gasteiger partial charge in [0.05, 0.1) is 28.4 Å². The van der Waals surface area contributed by atoms with Gasteiger partial charge >= 0.3 is 0 Å². The molecule has 0 amide bonds. The molecule has 180 valence electrons. The van der Waals surface area contributed by atoms with E-state index in [2.05, 4.69) is 95.3 Å². The second-order valence-corrected chi connectivity index (χ2v) is 9.89. The predicted octanol–water partition coefficient (Wildman–Crippen LogP) is 7.56. The summed E-state index contributed by atoms with van der Waals surface area (Å²) < 4.78 is 0. The summed E-state index contributed by atoms with van der Waals surface area (Å²) in [7, 11) is 0. The molecule has 0 radical (unpaired) electrons. The SMILES string of the molecule is CCc1ncc(-c2ccc3cc(-c4ccc5c(c4)c4nccnc4c4[nH]c(C(C)C)nc54)ccc3c2)[nH]1.